The zero-order valence-electron chi connectivity index (χ0n) is 18.6. The van der Waals surface area contributed by atoms with Gasteiger partial charge in [0.25, 0.3) is 0 Å². The summed E-state index contributed by atoms with van der Waals surface area (Å²) in [6, 6.07) is 16.7. The number of aryl methyl sites for hydroxylation is 1. The molecule has 0 unspecified atom stereocenters. The Morgan fingerprint density at radius 3 is 2.58 bits per heavy atom. The fourth-order valence-electron chi connectivity index (χ4n) is 4.59. The number of methoxy groups -OCH3 is 1. The fourth-order valence-corrected chi connectivity index (χ4v) is 4.59. The summed E-state index contributed by atoms with van der Waals surface area (Å²) in [5, 5.41) is 1.15. The van der Waals surface area contributed by atoms with Gasteiger partial charge in [-0.2, -0.15) is 0 Å². The minimum absolute atomic E-state index is 0.165. The van der Waals surface area contributed by atoms with E-state index in [4.69, 9.17) is 4.74 Å². The molecule has 1 amide bonds. The van der Waals surface area contributed by atoms with Gasteiger partial charge in [-0.3, -0.25) is 4.79 Å². The number of nitrogens with one attached hydrogen (secondary N) is 1. The van der Waals surface area contributed by atoms with E-state index in [1.807, 2.05) is 12.1 Å². The Kier molecular flexibility index (Phi) is 6.92. The number of carbonyl (C=O) groups is 1. The van der Waals surface area contributed by atoms with E-state index < -0.39 is 0 Å². The molecule has 1 N–H and O–H groups in total. The van der Waals surface area contributed by atoms with Crippen LogP contribution in [-0.4, -0.2) is 60.5 Å². The average Bonchev–Trinajstić information content (AvgIpc) is 3.25. The van der Waals surface area contributed by atoms with E-state index in [2.05, 4.69) is 64.3 Å². The standard InChI is InChI=1S/C26H33N3O2/c1-3-28-13-15-29(16-14-28)26(30)17-21(10-9-20-7-5-4-6-8-20)24-19-27-25-12-11-22(31-2)18-23(24)25/h4-8,11-12,18-19,21,27H,3,9-10,13-17H2,1-2H3/t21-/m0/s1. The largest absolute Gasteiger partial charge is 0.497 e. The first-order valence-electron chi connectivity index (χ1n) is 11.4. The predicted molar refractivity (Wildman–Crippen MR) is 126 cm³/mol. The number of nitrogens with zero attached hydrogens (tertiary/aromatic N) is 2. The number of aromatic nitrogens is 1. The lowest BCUT2D eigenvalue weighted by Crippen LogP contribution is -2.48. The minimum Gasteiger partial charge on any atom is -0.497 e. The van der Waals surface area contributed by atoms with Crippen LogP contribution in [0.15, 0.2) is 54.7 Å². The zero-order chi connectivity index (χ0) is 21.6. The van der Waals surface area contributed by atoms with E-state index in [0.717, 1.165) is 62.2 Å². The van der Waals surface area contributed by atoms with Crippen LogP contribution in [0.1, 0.15) is 36.8 Å². The quantitative estimate of drug-likeness (QED) is 0.587. The highest BCUT2D eigenvalue weighted by Gasteiger charge is 2.25. The third-order valence-corrected chi connectivity index (χ3v) is 6.58. The predicted octanol–water partition coefficient (Wildman–Crippen LogP) is 4.45. The van der Waals surface area contributed by atoms with Gasteiger partial charge >= 0.3 is 0 Å². The Morgan fingerprint density at radius 1 is 1.10 bits per heavy atom. The molecule has 0 spiro atoms. The second kappa shape index (κ2) is 10.0. The summed E-state index contributed by atoms with van der Waals surface area (Å²) in [7, 11) is 1.69. The third-order valence-electron chi connectivity index (χ3n) is 6.58. The molecule has 1 saturated heterocycles. The molecule has 5 heteroatoms. The van der Waals surface area contributed by atoms with Crippen LogP contribution in [0.4, 0.5) is 0 Å². The van der Waals surface area contributed by atoms with E-state index in [1.54, 1.807) is 7.11 Å². The van der Waals surface area contributed by atoms with Crippen molar-refractivity contribution in [2.24, 2.45) is 0 Å². The van der Waals surface area contributed by atoms with E-state index in [9.17, 15) is 4.79 Å². The number of rotatable bonds is 8. The molecule has 3 aromatic rings. The summed E-state index contributed by atoms with van der Waals surface area (Å²) >= 11 is 0. The van der Waals surface area contributed by atoms with Crippen LogP contribution in [0.5, 0.6) is 5.75 Å². The molecule has 0 aliphatic carbocycles. The van der Waals surface area contributed by atoms with Gasteiger partial charge in [0, 0.05) is 49.7 Å². The van der Waals surface area contributed by atoms with Gasteiger partial charge in [-0.1, -0.05) is 37.3 Å². The lowest BCUT2D eigenvalue weighted by Gasteiger charge is -2.34. The number of likely N-dealkylation sites (N-methyl/N-ethyl adjacent to an activating group) is 1. The van der Waals surface area contributed by atoms with Crippen molar-refractivity contribution in [1.82, 2.24) is 14.8 Å². The molecule has 1 fully saturated rings. The summed E-state index contributed by atoms with van der Waals surface area (Å²) in [4.78, 5) is 21.1. The van der Waals surface area contributed by atoms with Crippen LogP contribution >= 0.6 is 0 Å². The van der Waals surface area contributed by atoms with Crippen molar-refractivity contribution in [2.75, 3.05) is 39.8 Å². The van der Waals surface area contributed by atoms with E-state index in [-0.39, 0.29) is 11.8 Å². The lowest BCUT2D eigenvalue weighted by atomic mass is 9.88. The Morgan fingerprint density at radius 2 is 1.87 bits per heavy atom. The molecule has 4 rings (SSSR count). The summed E-state index contributed by atoms with van der Waals surface area (Å²) in [6.45, 7) is 6.85. The van der Waals surface area contributed by atoms with Crippen molar-refractivity contribution in [1.29, 1.82) is 0 Å². The van der Waals surface area contributed by atoms with Gasteiger partial charge in [0.05, 0.1) is 7.11 Å². The topological polar surface area (TPSA) is 48.6 Å². The van der Waals surface area contributed by atoms with Crippen LogP contribution in [0.3, 0.4) is 0 Å². The maximum Gasteiger partial charge on any atom is 0.223 e. The highest BCUT2D eigenvalue weighted by Crippen LogP contribution is 2.34. The Bertz CT molecular complexity index is 990. The number of hydrogen-bond acceptors (Lipinski definition) is 3. The van der Waals surface area contributed by atoms with Crippen molar-refractivity contribution < 1.29 is 9.53 Å². The van der Waals surface area contributed by atoms with Gasteiger partial charge in [0.2, 0.25) is 5.91 Å². The first-order chi connectivity index (χ1) is 15.2. The molecule has 164 valence electrons. The third kappa shape index (κ3) is 5.10. The Hall–Kier alpha value is -2.79. The van der Waals surface area contributed by atoms with Crippen LogP contribution in [-0.2, 0) is 11.2 Å². The van der Waals surface area contributed by atoms with Crippen molar-refractivity contribution >= 4 is 16.8 Å². The van der Waals surface area contributed by atoms with Crippen LogP contribution in [0, 0.1) is 0 Å². The van der Waals surface area contributed by atoms with Crippen molar-refractivity contribution in [3.05, 3.63) is 65.9 Å². The number of aromatic amines is 1. The van der Waals surface area contributed by atoms with Gasteiger partial charge in [-0.25, -0.2) is 0 Å². The molecule has 1 aliphatic rings. The van der Waals surface area contributed by atoms with Crippen LogP contribution < -0.4 is 4.74 Å². The molecular weight excluding hydrogens is 386 g/mol. The van der Waals surface area contributed by atoms with Gasteiger partial charge in [0.1, 0.15) is 5.75 Å². The number of fused-ring (bicyclic) bond motifs is 1. The molecule has 0 radical (unpaired) electrons. The monoisotopic (exact) mass is 419 g/mol. The highest BCUT2D eigenvalue weighted by molar-refractivity contribution is 5.86. The summed E-state index contributed by atoms with van der Waals surface area (Å²) < 4.78 is 5.46. The summed E-state index contributed by atoms with van der Waals surface area (Å²) in [5.74, 6) is 1.28. The number of piperazine rings is 1. The molecular formula is C26H33N3O2. The molecule has 0 bridgehead atoms. The Balaban J connectivity index is 1.55. The van der Waals surface area contributed by atoms with Crippen molar-refractivity contribution in [3.63, 3.8) is 0 Å². The van der Waals surface area contributed by atoms with Gasteiger partial charge < -0.3 is 19.5 Å². The maximum atomic E-state index is 13.2. The normalized spacial score (nSPS) is 15.9. The van der Waals surface area contributed by atoms with Crippen LogP contribution in [0.25, 0.3) is 10.9 Å². The first-order valence-corrected chi connectivity index (χ1v) is 11.4. The van der Waals surface area contributed by atoms with E-state index in [0.29, 0.717) is 6.42 Å². The summed E-state index contributed by atoms with van der Waals surface area (Å²) in [6.07, 6.45) is 4.53. The molecule has 1 atom stereocenters. The number of ether oxygens (including phenoxy) is 1. The number of amides is 1. The van der Waals surface area contributed by atoms with E-state index in [1.165, 1.54) is 11.1 Å². The number of hydrogen-bond donors (Lipinski definition) is 1. The SMILES string of the molecule is CCN1CCN(C(=O)C[C@H](CCc2ccccc2)c2c[nH]c3ccc(OC)cc23)CC1. The second-order valence-corrected chi connectivity index (χ2v) is 8.40. The lowest BCUT2D eigenvalue weighted by molar-refractivity contribution is -0.133. The molecule has 1 aromatic heterocycles. The molecule has 5 nitrogen and oxygen atoms in total. The van der Waals surface area contributed by atoms with Crippen molar-refractivity contribution in [2.45, 2.75) is 32.1 Å². The average molecular weight is 420 g/mol. The van der Waals surface area contributed by atoms with Gasteiger partial charge in [-0.05, 0) is 54.6 Å². The highest BCUT2D eigenvalue weighted by atomic mass is 16.5. The second-order valence-electron chi connectivity index (χ2n) is 8.40. The zero-order valence-corrected chi connectivity index (χ0v) is 18.6. The summed E-state index contributed by atoms with van der Waals surface area (Å²) in [5.41, 5.74) is 3.61. The first kappa shape index (κ1) is 21.4. The smallest absolute Gasteiger partial charge is 0.223 e. The molecule has 31 heavy (non-hydrogen) atoms. The van der Waals surface area contributed by atoms with Crippen LogP contribution in [0.2, 0.25) is 0 Å². The number of H-pyrrole nitrogens is 1. The number of carbonyl (C=O) groups excluding carboxylic acids is 1. The van der Waals surface area contributed by atoms with Gasteiger partial charge in [0.15, 0.2) is 0 Å². The Labute approximate surface area is 185 Å². The molecule has 1 aliphatic heterocycles. The fraction of sp³-hybridized carbons (Fsp3) is 0.423. The minimum atomic E-state index is 0.165. The molecule has 2 aromatic carbocycles. The molecule has 0 saturated carbocycles. The molecule has 2 heterocycles. The van der Waals surface area contributed by atoms with E-state index >= 15 is 0 Å². The van der Waals surface area contributed by atoms with Crippen molar-refractivity contribution in [3.8, 4) is 5.75 Å². The maximum absolute atomic E-state index is 13.2. The number of benzene rings is 2. The van der Waals surface area contributed by atoms with Gasteiger partial charge in [-0.15, -0.1) is 0 Å².